The lowest BCUT2D eigenvalue weighted by atomic mass is 9.99. The average molecular weight is 391 g/mol. The van der Waals surface area contributed by atoms with Gasteiger partial charge in [0.2, 0.25) is 5.91 Å². The standard InChI is InChI=1S/C22H25N5O2/c1-15-13-17(21-23-10-11-24-21)26-22(25-15)18-8-5-6-12-27(18)20(28)14-16-7-3-4-9-19(16)29-2/h3-4,7,9-11,13,18H,5-6,8,12,14H2,1-2H3,(H,23,24). The fourth-order valence-corrected chi connectivity index (χ4v) is 3.88. The zero-order chi connectivity index (χ0) is 20.2. The van der Waals surface area contributed by atoms with Crippen molar-refractivity contribution >= 4 is 5.91 Å². The molecule has 1 aliphatic heterocycles. The zero-order valence-corrected chi connectivity index (χ0v) is 16.8. The van der Waals surface area contributed by atoms with Crippen LogP contribution < -0.4 is 4.74 Å². The molecule has 0 radical (unpaired) electrons. The van der Waals surface area contributed by atoms with Gasteiger partial charge < -0.3 is 14.6 Å². The molecule has 0 aliphatic carbocycles. The molecule has 0 saturated carbocycles. The molecule has 1 fully saturated rings. The molecule has 1 aromatic carbocycles. The number of nitrogens with one attached hydrogen (secondary N) is 1. The number of benzene rings is 1. The Morgan fingerprint density at radius 1 is 1.28 bits per heavy atom. The van der Waals surface area contributed by atoms with Crippen LogP contribution in [0.3, 0.4) is 0 Å². The fraction of sp³-hybridized carbons (Fsp3) is 0.364. The number of aromatic amines is 1. The number of aromatic nitrogens is 4. The number of imidazole rings is 1. The number of hydrogen-bond donors (Lipinski definition) is 1. The second kappa shape index (κ2) is 8.43. The number of likely N-dealkylation sites (tertiary alicyclic amines) is 1. The summed E-state index contributed by atoms with van der Waals surface area (Å²) in [6, 6.07) is 9.45. The number of methoxy groups -OCH3 is 1. The van der Waals surface area contributed by atoms with Crippen molar-refractivity contribution in [1.29, 1.82) is 0 Å². The first-order valence-electron chi connectivity index (χ1n) is 9.92. The van der Waals surface area contributed by atoms with E-state index in [-0.39, 0.29) is 11.9 Å². The molecule has 150 valence electrons. The maximum Gasteiger partial charge on any atom is 0.227 e. The summed E-state index contributed by atoms with van der Waals surface area (Å²) in [7, 11) is 1.63. The summed E-state index contributed by atoms with van der Waals surface area (Å²) in [5.74, 6) is 2.20. The first-order chi connectivity index (χ1) is 14.2. The SMILES string of the molecule is COc1ccccc1CC(=O)N1CCCCC1c1nc(C)cc(-c2ncc[nH]2)n1. The molecule has 1 amide bonds. The van der Waals surface area contributed by atoms with Crippen LogP contribution in [0.4, 0.5) is 0 Å². The number of aryl methyl sites for hydroxylation is 1. The third-order valence-electron chi connectivity index (χ3n) is 5.27. The number of carbonyl (C=O) groups is 1. The van der Waals surface area contributed by atoms with Crippen LogP contribution in [0.5, 0.6) is 5.75 Å². The van der Waals surface area contributed by atoms with E-state index in [9.17, 15) is 4.79 Å². The van der Waals surface area contributed by atoms with E-state index in [2.05, 4.69) is 15.0 Å². The molecule has 1 unspecified atom stereocenters. The number of para-hydroxylation sites is 1. The number of hydrogen-bond acceptors (Lipinski definition) is 5. The second-order valence-corrected chi connectivity index (χ2v) is 7.28. The van der Waals surface area contributed by atoms with Gasteiger partial charge in [-0.15, -0.1) is 0 Å². The molecule has 3 aromatic rings. The van der Waals surface area contributed by atoms with Crippen molar-refractivity contribution < 1.29 is 9.53 Å². The summed E-state index contributed by atoms with van der Waals surface area (Å²) in [6.45, 7) is 2.66. The van der Waals surface area contributed by atoms with Crippen LogP contribution in [0.2, 0.25) is 0 Å². The van der Waals surface area contributed by atoms with Crippen LogP contribution in [0, 0.1) is 6.92 Å². The van der Waals surface area contributed by atoms with Crippen molar-refractivity contribution in [2.45, 2.75) is 38.6 Å². The van der Waals surface area contributed by atoms with Gasteiger partial charge in [0.25, 0.3) is 0 Å². The van der Waals surface area contributed by atoms with Crippen molar-refractivity contribution in [3.8, 4) is 17.3 Å². The topological polar surface area (TPSA) is 84.0 Å². The summed E-state index contributed by atoms with van der Waals surface area (Å²) >= 11 is 0. The molecule has 29 heavy (non-hydrogen) atoms. The van der Waals surface area contributed by atoms with E-state index in [0.717, 1.165) is 42.0 Å². The van der Waals surface area contributed by atoms with E-state index >= 15 is 0 Å². The summed E-state index contributed by atoms with van der Waals surface area (Å²) in [5.41, 5.74) is 2.51. The Morgan fingerprint density at radius 2 is 2.14 bits per heavy atom. The van der Waals surface area contributed by atoms with Gasteiger partial charge >= 0.3 is 0 Å². The van der Waals surface area contributed by atoms with Gasteiger partial charge in [-0.1, -0.05) is 18.2 Å². The van der Waals surface area contributed by atoms with Crippen molar-refractivity contribution in [1.82, 2.24) is 24.8 Å². The van der Waals surface area contributed by atoms with Gasteiger partial charge in [0.15, 0.2) is 11.6 Å². The Morgan fingerprint density at radius 3 is 2.93 bits per heavy atom. The van der Waals surface area contributed by atoms with Crippen molar-refractivity contribution in [3.05, 3.63) is 59.8 Å². The molecular weight excluding hydrogens is 366 g/mol. The van der Waals surface area contributed by atoms with Crippen molar-refractivity contribution in [3.63, 3.8) is 0 Å². The molecule has 7 nitrogen and oxygen atoms in total. The predicted molar refractivity (Wildman–Crippen MR) is 109 cm³/mol. The van der Waals surface area contributed by atoms with Crippen LogP contribution in [0.15, 0.2) is 42.7 Å². The van der Waals surface area contributed by atoms with Gasteiger partial charge in [-0.05, 0) is 38.3 Å². The van der Waals surface area contributed by atoms with Gasteiger partial charge in [0.1, 0.15) is 11.4 Å². The highest BCUT2D eigenvalue weighted by atomic mass is 16.5. The number of carbonyl (C=O) groups excluding carboxylic acids is 1. The molecule has 4 rings (SSSR count). The Bertz CT molecular complexity index is 987. The largest absolute Gasteiger partial charge is 0.496 e. The van der Waals surface area contributed by atoms with Crippen LogP contribution in [-0.4, -0.2) is 44.4 Å². The number of H-pyrrole nitrogens is 1. The van der Waals surface area contributed by atoms with Crippen LogP contribution in [0.1, 0.15) is 42.4 Å². The Kier molecular flexibility index (Phi) is 5.55. The molecular formula is C22H25N5O2. The first-order valence-corrected chi connectivity index (χ1v) is 9.92. The Labute approximate surface area is 170 Å². The van der Waals surface area contributed by atoms with Gasteiger partial charge in [-0.3, -0.25) is 4.79 Å². The lowest BCUT2D eigenvalue weighted by molar-refractivity contribution is -0.134. The van der Waals surface area contributed by atoms with E-state index in [1.807, 2.05) is 42.2 Å². The lowest BCUT2D eigenvalue weighted by Gasteiger charge is -2.35. The number of amides is 1. The molecule has 1 saturated heterocycles. The molecule has 1 N–H and O–H groups in total. The molecule has 7 heteroatoms. The van der Waals surface area contributed by atoms with Gasteiger partial charge in [0, 0.05) is 30.2 Å². The third-order valence-corrected chi connectivity index (χ3v) is 5.27. The highest BCUT2D eigenvalue weighted by Gasteiger charge is 2.31. The lowest BCUT2D eigenvalue weighted by Crippen LogP contribution is -2.40. The van der Waals surface area contributed by atoms with Gasteiger partial charge in [0.05, 0.1) is 19.6 Å². The molecule has 3 heterocycles. The fourth-order valence-electron chi connectivity index (χ4n) is 3.88. The molecule has 0 spiro atoms. The average Bonchev–Trinajstić information content (AvgIpc) is 3.29. The summed E-state index contributed by atoms with van der Waals surface area (Å²) < 4.78 is 5.41. The normalized spacial score (nSPS) is 16.6. The maximum atomic E-state index is 13.2. The first kappa shape index (κ1) is 19.1. The maximum absolute atomic E-state index is 13.2. The number of nitrogens with zero attached hydrogens (tertiary/aromatic N) is 4. The molecule has 1 atom stereocenters. The van der Waals surface area contributed by atoms with Crippen molar-refractivity contribution in [2.24, 2.45) is 0 Å². The summed E-state index contributed by atoms with van der Waals surface area (Å²) in [4.78, 5) is 32.0. The second-order valence-electron chi connectivity index (χ2n) is 7.28. The number of ether oxygens (including phenoxy) is 1. The van der Waals surface area contributed by atoms with E-state index < -0.39 is 0 Å². The van der Waals surface area contributed by atoms with Gasteiger partial charge in [-0.2, -0.15) is 0 Å². The highest BCUT2D eigenvalue weighted by Crippen LogP contribution is 2.31. The van der Waals surface area contributed by atoms with E-state index in [1.165, 1.54) is 0 Å². The van der Waals surface area contributed by atoms with Crippen molar-refractivity contribution in [2.75, 3.05) is 13.7 Å². The number of piperidine rings is 1. The summed E-state index contributed by atoms with van der Waals surface area (Å²) in [5, 5.41) is 0. The Balaban J connectivity index is 1.62. The van der Waals surface area contributed by atoms with Crippen LogP contribution in [0.25, 0.3) is 11.5 Å². The highest BCUT2D eigenvalue weighted by molar-refractivity contribution is 5.80. The number of rotatable bonds is 5. The Hall–Kier alpha value is -3.22. The van der Waals surface area contributed by atoms with Crippen LogP contribution >= 0.6 is 0 Å². The van der Waals surface area contributed by atoms with E-state index in [4.69, 9.17) is 9.72 Å². The van der Waals surface area contributed by atoms with E-state index in [0.29, 0.717) is 24.6 Å². The summed E-state index contributed by atoms with van der Waals surface area (Å²) in [6.07, 6.45) is 6.68. The molecule has 1 aliphatic rings. The molecule has 0 bridgehead atoms. The third kappa shape index (κ3) is 4.13. The van der Waals surface area contributed by atoms with E-state index in [1.54, 1.807) is 19.5 Å². The predicted octanol–water partition coefficient (Wildman–Crippen LogP) is 3.48. The molecule has 2 aromatic heterocycles. The monoisotopic (exact) mass is 391 g/mol. The minimum atomic E-state index is -0.125. The smallest absolute Gasteiger partial charge is 0.227 e. The van der Waals surface area contributed by atoms with Crippen LogP contribution in [-0.2, 0) is 11.2 Å². The minimum absolute atomic E-state index is 0.0730. The zero-order valence-electron chi connectivity index (χ0n) is 16.8. The minimum Gasteiger partial charge on any atom is -0.496 e. The quantitative estimate of drug-likeness (QED) is 0.720. The van der Waals surface area contributed by atoms with Gasteiger partial charge in [-0.25, -0.2) is 15.0 Å².